The van der Waals surface area contributed by atoms with E-state index in [2.05, 4.69) is 39.0 Å². The van der Waals surface area contributed by atoms with Crippen LogP contribution in [-0.2, 0) is 6.54 Å². The molecule has 0 amide bonds. The summed E-state index contributed by atoms with van der Waals surface area (Å²) in [7, 11) is 0. The molecule has 1 aliphatic rings. The van der Waals surface area contributed by atoms with E-state index in [0.29, 0.717) is 12.5 Å². The van der Waals surface area contributed by atoms with Crippen LogP contribution in [0.4, 0.5) is 0 Å². The second kappa shape index (κ2) is 5.10. The quantitative estimate of drug-likeness (QED) is 0.910. The summed E-state index contributed by atoms with van der Waals surface area (Å²) in [5, 5.41) is 9.06. The summed E-state index contributed by atoms with van der Waals surface area (Å²) >= 11 is 3.48. The molecule has 15 heavy (non-hydrogen) atoms. The summed E-state index contributed by atoms with van der Waals surface area (Å²) in [4.78, 5) is 2.41. The number of nitrogens with zero attached hydrogens (tertiary/aromatic N) is 1. The predicted molar refractivity (Wildman–Crippen MR) is 64.6 cm³/mol. The van der Waals surface area contributed by atoms with Crippen LogP contribution in [0.1, 0.15) is 12.0 Å². The van der Waals surface area contributed by atoms with Gasteiger partial charge in [0.2, 0.25) is 0 Å². The molecule has 1 saturated heterocycles. The molecule has 2 rings (SSSR count). The molecule has 0 aliphatic carbocycles. The van der Waals surface area contributed by atoms with Crippen molar-refractivity contribution in [2.24, 2.45) is 5.92 Å². The van der Waals surface area contributed by atoms with Gasteiger partial charge in [-0.15, -0.1) is 0 Å². The zero-order valence-corrected chi connectivity index (χ0v) is 10.3. The molecule has 1 aliphatic heterocycles. The van der Waals surface area contributed by atoms with Crippen molar-refractivity contribution >= 4 is 15.9 Å². The van der Waals surface area contributed by atoms with Crippen molar-refractivity contribution in [1.82, 2.24) is 4.90 Å². The Morgan fingerprint density at radius 1 is 1.47 bits per heavy atom. The van der Waals surface area contributed by atoms with Crippen molar-refractivity contribution in [2.75, 3.05) is 19.7 Å². The molecule has 1 aromatic rings. The number of aliphatic hydroxyl groups excluding tert-OH is 1. The minimum Gasteiger partial charge on any atom is -0.396 e. The average molecular weight is 270 g/mol. The van der Waals surface area contributed by atoms with Gasteiger partial charge >= 0.3 is 0 Å². The number of aliphatic hydroxyl groups is 1. The van der Waals surface area contributed by atoms with Gasteiger partial charge in [0.05, 0.1) is 0 Å². The van der Waals surface area contributed by atoms with Crippen LogP contribution in [0.5, 0.6) is 0 Å². The van der Waals surface area contributed by atoms with Crippen molar-refractivity contribution in [3.8, 4) is 0 Å². The van der Waals surface area contributed by atoms with E-state index in [0.717, 1.165) is 30.5 Å². The average Bonchev–Trinajstić information content (AvgIpc) is 2.65. The van der Waals surface area contributed by atoms with Crippen LogP contribution in [0.15, 0.2) is 28.7 Å². The van der Waals surface area contributed by atoms with Crippen LogP contribution in [0.2, 0.25) is 0 Å². The predicted octanol–water partition coefficient (Wildman–Crippen LogP) is 2.26. The summed E-state index contributed by atoms with van der Waals surface area (Å²) in [5.74, 6) is 0.483. The van der Waals surface area contributed by atoms with Gasteiger partial charge in [0.25, 0.3) is 0 Å². The van der Waals surface area contributed by atoms with Gasteiger partial charge in [0.15, 0.2) is 0 Å². The lowest BCUT2D eigenvalue weighted by Gasteiger charge is -2.15. The molecule has 1 N–H and O–H groups in total. The lowest BCUT2D eigenvalue weighted by molar-refractivity contribution is 0.220. The lowest BCUT2D eigenvalue weighted by atomic mass is 10.1. The molecule has 2 nitrogen and oxygen atoms in total. The van der Waals surface area contributed by atoms with Crippen molar-refractivity contribution < 1.29 is 5.11 Å². The topological polar surface area (TPSA) is 23.5 Å². The van der Waals surface area contributed by atoms with Crippen LogP contribution >= 0.6 is 15.9 Å². The molecule has 0 saturated carbocycles. The SMILES string of the molecule is OCC1CCN(Cc2cccc(Br)c2)C1. The van der Waals surface area contributed by atoms with E-state index in [1.807, 2.05) is 6.07 Å². The summed E-state index contributed by atoms with van der Waals surface area (Å²) in [5.41, 5.74) is 1.34. The van der Waals surface area contributed by atoms with Gasteiger partial charge in [-0.1, -0.05) is 28.1 Å². The second-order valence-corrected chi connectivity index (χ2v) is 5.12. The van der Waals surface area contributed by atoms with E-state index in [-0.39, 0.29) is 0 Å². The molecular formula is C12H16BrNO. The van der Waals surface area contributed by atoms with Gasteiger partial charge in [-0.2, -0.15) is 0 Å². The molecule has 82 valence electrons. The zero-order valence-electron chi connectivity index (χ0n) is 8.69. The first-order valence-corrected chi connectivity index (χ1v) is 6.15. The fraction of sp³-hybridized carbons (Fsp3) is 0.500. The van der Waals surface area contributed by atoms with Crippen molar-refractivity contribution in [3.63, 3.8) is 0 Å². The Balaban J connectivity index is 1.92. The van der Waals surface area contributed by atoms with Gasteiger partial charge in [0.1, 0.15) is 0 Å². The number of benzene rings is 1. The number of likely N-dealkylation sites (tertiary alicyclic amines) is 1. The zero-order chi connectivity index (χ0) is 10.7. The summed E-state index contributed by atoms with van der Waals surface area (Å²) in [6, 6.07) is 8.42. The van der Waals surface area contributed by atoms with Gasteiger partial charge in [0, 0.05) is 24.2 Å². The number of halogens is 1. The van der Waals surface area contributed by atoms with Crippen LogP contribution < -0.4 is 0 Å². The fourth-order valence-electron chi connectivity index (χ4n) is 2.10. The van der Waals surface area contributed by atoms with E-state index < -0.39 is 0 Å². The van der Waals surface area contributed by atoms with Crippen LogP contribution in [0, 0.1) is 5.92 Å². The Morgan fingerprint density at radius 2 is 2.33 bits per heavy atom. The smallest absolute Gasteiger partial charge is 0.0471 e. The van der Waals surface area contributed by atoms with Crippen LogP contribution in [0.3, 0.4) is 0 Å². The number of rotatable bonds is 3. The molecule has 0 aromatic heterocycles. The van der Waals surface area contributed by atoms with E-state index in [1.165, 1.54) is 5.56 Å². The maximum atomic E-state index is 9.06. The number of hydrogen-bond donors (Lipinski definition) is 1. The van der Waals surface area contributed by atoms with Crippen LogP contribution in [-0.4, -0.2) is 29.7 Å². The summed E-state index contributed by atoms with van der Waals surface area (Å²) in [6.07, 6.45) is 1.13. The highest BCUT2D eigenvalue weighted by molar-refractivity contribution is 9.10. The monoisotopic (exact) mass is 269 g/mol. The first-order valence-electron chi connectivity index (χ1n) is 5.35. The largest absolute Gasteiger partial charge is 0.396 e. The second-order valence-electron chi connectivity index (χ2n) is 4.20. The lowest BCUT2D eigenvalue weighted by Crippen LogP contribution is -2.20. The molecule has 0 bridgehead atoms. The highest BCUT2D eigenvalue weighted by Crippen LogP contribution is 2.19. The van der Waals surface area contributed by atoms with Crippen LogP contribution in [0.25, 0.3) is 0 Å². The molecule has 1 atom stereocenters. The fourth-order valence-corrected chi connectivity index (χ4v) is 2.55. The van der Waals surface area contributed by atoms with Gasteiger partial charge in [-0.05, 0) is 36.6 Å². The third-order valence-corrected chi connectivity index (χ3v) is 3.42. The van der Waals surface area contributed by atoms with Gasteiger partial charge in [-0.25, -0.2) is 0 Å². The molecule has 1 aromatic carbocycles. The molecule has 1 heterocycles. The van der Waals surface area contributed by atoms with E-state index >= 15 is 0 Å². The van der Waals surface area contributed by atoms with Crippen molar-refractivity contribution in [2.45, 2.75) is 13.0 Å². The standard InChI is InChI=1S/C12H16BrNO/c13-12-3-1-2-10(6-12)7-14-5-4-11(8-14)9-15/h1-3,6,11,15H,4-5,7-9H2. The first kappa shape index (κ1) is 11.1. The maximum Gasteiger partial charge on any atom is 0.0471 e. The normalized spacial score (nSPS) is 22.1. The first-order chi connectivity index (χ1) is 7.28. The Bertz CT molecular complexity index is 329. The molecule has 0 radical (unpaired) electrons. The van der Waals surface area contributed by atoms with E-state index in [9.17, 15) is 0 Å². The highest BCUT2D eigenvalue weighted by atomic mass is 79.9. The molecule has 3 heteroatoms. The molecule has 1 fully saturated rings. The highest BCUT2D eigenvalue weighted by Gasteiger charge is 2.21. The third-order valence-electron chi connectivity index (χ3n) is 2.92. The Hall–Kier alpha value is -0.380. The molecular weight excluding hydrogens is 254 g/mol. The summed E-state index contributed by atoms with van der Waals surface area (Å²) < 4.78 is 1.14. The Morgan fingerprint density at radius 3 is 3.00 bits per heavy atom. The van der Waals surface area contributed by atoms with Gasteiger partial charge in [-0.3, -0.25) is 4.90 Å². The summed E-state index contributed by atoms with van der Waals surface area (Å²) in [6.45, 7) is 3.46. The number of hydrogen-bond acceptors (Lipinski definition) is 2. The minimum absolute atomic E-state index is 0.328. The van der Waals surface area contributed by atoms with Crippen molar-refractivity contribution in [1.29, 1.82) is 0 Å². The third kappa shape index (κ3) is 3.03. The molecule has 1 unspecified atom stereocenters. The Kier molecular flexibility index (Phi) is 3.78. The van der Waals surface area contributed by atoms with Crippen molar-refractivity contribution in [3.05, 3.63) is 34.3 Å². The Labute approximate surface area is 99.0 Å². The van der Waals surface area contributed by atoms with E-state index in [4.69, 9.17) is 5.11 Å². The minimum atomic E-state index is 0.328. The molecule has 0 spiro atoms. The maximum absolute atomic E-state index is 9.06. The van der Waals surface area contributed by atoms with Gasteiger partial charge < -0.3 is 5.11 Å². The van der Waals surface area contributed by atoms with E-state index in [1.54, 1.807) is 0 Å².